The first-order chi connectivity index (χ1) is 9.82. The quantitative estimate of drug-likeness (QED) is 0.514. The van der Waals surface area contributed by atoms with E-state index in [4.69, 9.17) is 5.26 Å². The molecule has 3 N–H and O–H groups in total. The van der Waals surface area contributed by atoms with Crippen molar-refractivity contribution in [1.82, 2.24) is 10.0 Å². The molecule has 0 aliphatic rings. The second-order valence-electron chi connectivity index (χ2n) is 3.72. The van der Waals surface area contributed by atoms with Crippen molar-refractivity contribution >= 4 is 22.3 Å². The first-order valence-corrected chi connectivity index (χ1v) is 7.03. The molecule has 0 saturated carbocycles. The SMILES string of the molecule is CNC(=O)/C(C#N)=C/c1ccc(OS(=O)(=O)NC)c(O)c1. The maximum Gasteiger partial charge on any atom is 0.382 e. The average Bonchev–Trinajstić information content (AvgIpc) is 2.46. The maximum absolute atomic E-state index is 11.3. The van der Waals surface area contributed by atoms with Gasteiger partial charge in [-0.25, -0.2) is 0 Å². The van der Waals surface area contributed by atoms with E-state index in [1.165, 1.54) is 31.3 Å². The van der Waals surface area contributed by atoms with Crippen LogP contribution in [0, 0.1) is 11.3 Å². The van der Waals surface area contributed by atoms with Crippen LogP contribution in [0.3, 0.4) is 0 Å². The smallest absolute Gasteiger partial charge is 0.382 e. The van der Waals surface area contributed by atoms with Crippen LogP contribution in [-0.4, -0.2) is 33.5 Å². The summed E-state index contributed by atoms with van der Waals surface area (Å²) in [4.78, 5) is 11.3. The Morgan fingerprint density at radius 1 is 1.43 bits per heavy atom. The molecule has 21 heavy (non-hydrogen) atoms. The minimum Gasteiger partial charge on any atom is -0.504 e. The van der Waals surface area contributed by atoms with Crippen LogP contribution in [0.2, 0.25) is 0 Å². The molecule has 1 aromatic rings. The molecule has 0 fully saturated rings. The second-order valence-corrected chi connectivity index (χ2v) is 5.20. The van der Waals surface area contributed by atoms with E-state index in [1.807, 2.05) is 4.72 Å². The van der Waals surface area contributed by atoms with Crippen LogP contribution in [0.1, 0.15) is 5.56 Å². The third kappa shape index (κ3) is 4.48. The average molecular weight is 311 g/mol. The number of hydrogen-bond donors (Lipinski definition) is 3. The summed E-state index contributed by atoms with van der Waals surface area (Å²) in [6.07, 6.45) is 1.24. The van der Waals surface area contributed by atoms with Gasteiger partial charge in [0.2, 0.25) is 0 Å². The number of nitrogens with zero attached hydrogens (tertiary/aromatic N) is 1. The minimum absolute atomic E-state index is 0.159. The van der Waals surface area contributed by atoms with Gasteiger partial charge in [0, 0.05) is 14.1 Å². The molecule has 1 rings (SSSR count). The third-order valence-electron chi connectivity index (χ3n) is 2.34. The molecule has 112 valence electrons. The summed E-state index contributed by atoms with van der Waals surface area (Å²) >= 11 is 0. The van der Waals surface area contributed by atoms with Gasteiger partial charge in [-0.05, 0) is 23.8 Å². The van der Waals surface area contributed by atoms with Gasteiger partial charge in [0.15, 0.2) is 11.5 Å². The molecular formula is C12H13N3O5S. The van der Waals surface area contributed by atoms with Gasteiger partial charge in [-0.2, -0.15) is 18.4 Å². The number of rotatable bonds is 5. The van der Waals surface area contributed by atoms with E-state index in [0.29, 0.717) is 5.56 Å². The van der Waals surface area contributed by atoms with Gasteiger partial charge in [0.05, 0.1) is 0 Å². The Kier molecular flexibility index (Phi) is 5.29. The molecule has 0 saturated heterocycles. The number of phenols is 1. The number of carbonyl (C=O) groups is 1. The molecule has 0 aliphatic carbocycles. The summed E-state index contributed by atoms with van der Waals surface area (Å²) in [5, 5.41) is 20.8. The van der Waals surface area contributed by atoms with Crippen molar-refractivity contribution in [2.75, 3.05) is 14.1 Å². The Labute approximate surface area is 121 Å². The Bertz CT molecular complexity index is 719. The van der Waals surface area contributed by atoms with Gasteiger partial charge >= 0.3 is 10.3 Å². The molecular weight excluding hydrogens is 298 g/mol. The first kappa shape index (κ1) is 16.5. The predicted octanol–water partition coefficient (Wildman–Crippen LogP) is -0.112. The van der Waals surface area contributed by atoms with Crippen LogP contribution < -0.4 is 14.2 Å². The Morgan fingerprint density at radius 2 is 2.10 bits per heavy atom. The molecule has 0 bridgehead atoms. The highest BCUT2D eigenvalue weighted by Gasteiger charge is 2.13. The lowest BCUT2D eigenvalue weighted by Crippen LogP contribution is -2.24. The Morgan fingerprint density at radius 3 is 2.57 bits per heavy atom. The molecule has 0 unspecified atom stereocenters. The van der Waals surface area contributed by atoms with Crippen molar-refractivity contribution in [3.63, 3.8) is 0 Å². The van der Waals surface area contributed by atoms with Gasteiger partial charge in [0.25, 0.3) is 5.91 Å². The number of nitrogens with one attached hydrogen (secondary N) is 2. The minimum atomic E-state index is -3.99. The van der Waals surface area contributed by atoms with Crippen molar-refractivity contribution in [2.24, 2.45) is 0 Å². The number of amides is 1. The van der Waals surface area contributed by atoms with Crippen molar-refractivity contribution in [1.29, 1.82) is 5.26 Å². The lowest BCUT2D eigenvalue weighted by atomic mass is 10.1. The Balaban J connectivity index is 3.11. The van der Waals surface area contributed by atoms with E-state index in [-0.39, 0.29) is 11.3 Å². The summed E-state index contributed by atoms with van der Waals surface area (Å²) in [6.45, 7) is 0. The molecule has 8 nitrogen and oxygen atoms in total. The van der Waals surface area contributed by atoms with Crippen LogP contribution in [0.5, 0.6) is 11.5 Å². The number of carbonyl (C=O) groups excluding carboxylic acids is 1. The lowest BCUT2D eigenvalue weighted by Gasteiger charge is -2.07. The highest BCUT2D eigenvalue weighted by atomic mass is 32.2. The summed E-state index contributed by atoms with van der Waals surface area (Å²) in [6, 6.07) is 5.47. The van der Waals surface area contributed by atoms with Crippen LogP contribution in [0.15, 0.2) is 23.8 Å². The van der Waals surface area contributed by atoms with Gasteiger partial charge in [0.1, 0.15) is 11.6 Å². The molecule has 9 heteroatoms. The second kappa shape index (κ2) is 6.74. The number of benzene rings is 1. The van der Waals surface area contributed by atoms with Gasteiger partial charge in [-0.15, -0.1) is 0 Å². The van der Waals surface area contributed by atoms with Crippen molar-refractivity contribution < 1.29 is 22.5 Å². The summed E-state index contributed by atoms with van der Waals surface area (Å²) in [7, 11) is -1.46. The number of likely N-dealkylation sites (N-methyl/N-ethyl adjacent to an activating group) is 1. The van der Waals surface area contributed by atoms with Crippen LogP contribution >= 0.6 is 0 Å². The number of hydrogen-bond acceptors (Lipinski definition) is 6. The molecule has 0 aliphatic heterocycles. The molecule has 0 spiro atoms. The van der Waals surface area contributed by atoms with Gasteiger partial charge in [-0.1, -0.05) is 6.07 Å². The van der Waals surface area contributed by atoms with Crippen molar-refractivity contribution in [3.8, 4) is 17.6 Å². The molecule has 0 heterocycles. The highest BCUT2D eigenvalue weighted by molar-refractivity contribution is 7.85. The van der Waals surface area contributed by atoms with Crippen LogP contribution in [0.25, 0.3) is 6.08 Å². The number of aromatic hydroxyl groups is 1. The van der Waals surface area contributed by atoms with E-state index in [2.05, 4.69) is 9.50 Å². The fourth-order valence-corrected chi connectivity index (χ4v) is 1.77. The van der Waals surface area contributed by atoms with E-state index in [1.54, 1.807) is 6.07 Å². The van der Waals surface area contributed by atoms with Crippen LogP contribution in [-0.2, 0) is 15.1 Å². The van der Waals surface area contributed by atoms with E-state index >= 15 is 0 Å². The highest BCUT2D eigenvalue weighted by Crippen LogP contribution is 2.28. The summed E-state index contributed by atoms with van der Waals surface area (Å²) < 4.78 is 28.9. The zero-order valence-corrected chi connectivity index (χ0v) is 12.1. The van der Waals surface area contributed by atoms with Crippen molar-refractivity contribution in [3.05, 3.63) is 29.3 Å². The Hall–Kier alpha value is -2.57. The normalized spacial score (nSPS) is 11.6. The fourth-order valence-electron chi connectivity index (χ4n) is 1.30. The molecule has 1 amide bonds. The van der Waals surface area contributed by atoms with Crippen LogP contribution in [0.4, 0.5) is 0 Å². The summed E-state index contributed by atoms with van der Waals surface area (Å²) in [5.74, 6) is -1.30. The largest absolute Gasteiger partial charge is 0.504 e. The molecule has 0 aromatic heterocycles. The monoisotopic (exact) mass is 311 g/mol. The molecule has 0 atom stereocenters. The number of nitriles is 1. The van der Waals surface area contributed by atoms with Crippen molar-refractivity contribution in [2.45, 2.75) is 0 Å². The van der Waals surface area contributed by atoms with Gasteiger partial charge < -0.3 is 14.6 Å². The zero-order chi connectivity index (χ0) is 16.0. The standard InChI is InChI=1S/C12H13N3O5S/c1-14-12(17)9(7-13)5-8-3-4-11(10(16)6-8)20-21(18,19)15-2/h3-6,15-16H,1-2H3,(H,14,17)/b9-5+. The van der Waals surface area contributed by atoms with E-state index in [9.17, 15) is 18.3 Å². The van der Waals surface area contributed by atoms with Gasteiger partial charge in [-0.3, -0.25) is 4.79 Å². The first-order valence-electron chi connectivity index (χ1n) is 5.62. The molecule has 1 aromatic carbocycles. The predicted molar refractivity (Wildman–Crippen MR) is 74.4 cm³/mol. The third-order valence-corrected chi connectivity index (χ3v) is 3.23. The van der Waals surface area contributed by atoms with E-state index < -0.39 is 22.0 Å². The topological polar surface area (TPSA) is 129 Å². The summed E-state index contributed by atoms with van der Waals surface area (Å²) in [5.41, 5.74) is 0.176. The fraction of sp³-hybridized carbons (Fsp3) is 0.167. The molecule has 0 radical (unpaired) electrons. The zero-order valence-electron chi connectivity index (χ0n) is 11.2. The number of phenolic OH excluding ortho intramolecular Hbond substituents is 1. The van der Waals surface area contributed by atoms with E-state index in [0.717, 1.165) is 7.05 Å². The lowest BCUT2D eigenvalue weighted by molar-refractivity contribution is -0.116. The maximum atomic E-state index is 11.3.